The molecule has 0 aromatic heterocycles. The lowest BCUT2D eigenvalue weighted by Crippen LogP contribution is -2.41. The topological polar surface area (TPSA) is 79.0 Å². The van der Waals surface area contributed by atoms with E-state index in [1.54, 1.807) is 6.92 Å². The number of nitrogens with one attached hydrogen (secondary N) is 1. The van der Waals surface area contributed by atoms with Crippen molar-refractivity contribution in [2.45, 2.75) is 19.4 Å². The SMILES string of the molecule is CCNC(=O)C[C@@H]1C(=O)N(c2ccc(F)cc2)C(=O)N1CCOC. The van der Waals surface area contributed by atoms with Crippen LogP contribution < -0.4 is 10.2 Å². The lowest BCUT2D eigenvalue weighted by atomic mass is 10.1. The van der Waals surface area contributed by atoms with Crippen molar-refractivity contribution >= 4 is 23.5 Å². The van der Waals surface area contributed by atoms with Crippen molar-refractivity contribution in [3.8, 4) is 0 Å². The van der Waals surface area contributed by atoms with Crippen LogP contribution in [0.2, 0.25) is 0 Å². The average Bonchev–Trinajstić information content (AvgIpc) is 2.77. The Morgan fingerprint density at radius 1 is 1.29 bits per heavy atom. The number of imide groups is 1. The number of methoxy groups -OCH3 is 1. The van der Waals surface area contributed by atoms with Gasteiger partial charge in [-0.2, -0.15) is 0 Å². The van der Waals surface area contributed by atoms with Gasteiger partial charge in [0.05, 0.1) is 18.7 Å². The first kappa shape index (κ1) is 17.9. The van der Waals surface area contributed by atoms with E-state index in [0.717, 1.165) is 4.90 Å². The summed E-state index contributed by atoms with van der Waals surface area (Å²) in [6.45, 7) is 2.63. The van der Waals surface area contributed by atoms with E-state index in [4.69, 9.17) is 4.74 Å². The lowest BCUT2D eigenvalue weighted by molar-refractivity contribution is -0.127. The molecule has 1 heterocycles. The van der Waals surface area contributed by atoms with Crippen LogP contribution in [0.5, 0.6) is 0 Å². The number of carbonyl (C=O) groups is 3. The van der Waals surface area contributed by atoms with E-state index in [1.807, 2.05) is 0 Å². The summed E-state index contributed by atoms with van der Waals surface area (Å²) in [6.07, 6.45) is -0.125. The molecule has 1 aliphatic rings. The molecule has 0 radical (unpaired) electrons. The van der Waals surface area contributed by atoms with E-state index >= 15 is 0 Å². The summed E-state index contributed by atoms with van der Waals surface area (Å²) in [5.41, 5.74) is 0.271. The molecule has 0 bridgehead atoms. The minimum Gasteiger partial charge on any atom is -0.383 e. The first-order valence-electron chi connectivity index (χ1n) is 7.65. The third-order valence-corrected chi connectivity index (χ3v) is 3.69. The number of urea groups is 1. The van der Waals surface area contributed by atoms with Gasteiger partial charge in [0.1, 0.15) is 11.9 Å². The van der Waals surface area contributed by atoms with Crippen LogP contribution in [0, 0.1) is 5.82 Å². The standard InChI is InChI=1S/C16H20FN3O4/c1-3-18-14(21)10-13-15(22)20(12-6-4-11(17)5-7-12)16(23)19(13)8-9-24-2/h4-7,13H,3,8-10H2,1-2H3,(H,18,21)/t13-/m1/s1. The van der Waals surface area contributed by atoms with Gasteiger partial charge in [0.25, 0.3) is 5.91 Å². The van der Waals surface area contributed by atoms with E-state index in [2.05, 4.69) is 5.32 Å². The molecule has 0 saturated carbocycles. The Balaban J connectivity index is 2.27. The molecular formula is C16H20FN3O4. The zero-order chi connectivity index (χ0) is 17.7. The zero-order valence-corrected chi connectivity index (χ0v) is 13.6. The molecule has 1 aromatic rings. The molecular weight excluding hydrogens is 317 g/mol. The zero-order valence-electron chi connectivity index (χ0n) is 13.6. The van der Waals surface area contributed by atoms with Gasteiger partial charge in [-0.3, -0.25) is 9.59 Å². The molecule has 0 unspecified atom stereocenters. The summed E-state index contributed by atoms with van der Waals surface area (Å²) in [4.78, 5) is 39.4. The van der Waals surface area contributed by atoms with Gasteiger partial charge in [-0.1, -0.05) is 0 Å². The number of nitrogens with zero attached hydrogens (tertiary/aromatic N) is 2. The third kappa shape index (κ3) is 3.70. The van der Waals surface area contributed by atoms with E-state index < -0.39 is 23.8 Å². The minimum absolute atomic E-state index is 0.125. The minimum atomic E-state index is -0.899. The van der Waals surface area contributed by atoms with Gasteiger partial charge in [-0.25, -0.2) is 14.1 Å². The van der Waals surface area contributed by atoms with E-state index in [1.165, 1.54) is 36.3 Å². The highest BCUT2D eigenvalue weighted by Gasteiger charge is 2.46. The number of rotatable bonds is 7. The van der Waals surface area contributed by atoms with Crippen LogP contribution in [-0.2, 0) is 14.3 Å². The number of benzene rings is 1. The number of halogens is 1. The maximum absolute atomic E-state index is 13.1. The average molecular weight is 337 g/mol. The van der Waals surface area contributed by atoms with Crippen LogP contribution >= 0.6 is 0 Å². The quantitative estimate of drug-likeness (QED) is 0.757. The van der Waals surface area contributed by atoms with Crippen LogP contribution in [0.15, 0.2) is 24.3 Å². The van der Waals surface area contributed by atoms with Crippen molar-refractivity contribution in [3.63, 3.8) is 0 Å². The number of ether oxygens (including phenoxy) is 1. The molecule has 7 nitrogen and oxygen atoms in total. The molecule has 1 fully saturated rings. The van der Waals surface area contributed by atoms with Gasteiger partial charge in [-0.05, 0) is 31.2 Å². The van der Waals surface area contributed by atoms with Crippen LogP contribution in [0.4, 0.5) is 14.9 Å². The van der Waals surface area contributed by atoms with Gasteiger partial charge < -0.3 is 15.0 Å². The van der Waals surface area contributed by atoms with Crippen LogP contribution in [0.3, 0.4) is 0 Å². The molecule has 24 heavy (non-hydrogen) atoms. The maximum atomic E-state index is 13.1. The van der Waals surface area contributed by atoms with Crippen molar-refractivity contribution in [2.75, 3.05) is 31.7 Å². The van der Waals surface area contributed by atoms with E-state index in [-0.39, 0.29) is 31.2 Å². The molecule has 8 heteroatoms. The highest BCUT2D eigenvalue weighted by Crippen LogP contribution is 2.26. The molecule has 130 valence electrons. The summed E-state index contributed by atoms with van der Waals surface area (Å²) >= 11 is 0. The first-order chi connectivity index (χ1) is 11.5. The molecule has 2 rings (SSSR count). The fraction of sp³-hybridized carbons (Fsp3) is 0.438. The molecule has 4 amide bonds. The third-order valence-electron chi connectivity index (χ3n) is 3.69. The highest BCUT2D eigenvalue weighted by molar-refractivity contribution is 6.22. The van der Waals surface area contributed by atoms with Crippen molar-refractivity contribution < 1.29 is 23.5 Å². The van der Waals surface area contributed by atoms with Gasteiger partial charge in [-0.15, -0.1) is 0 Å². The van der Waals surface area contributed by atoms with Gasteiger partial charge in [0, 0.05) is 20.2 Å². The Morgan fingerprint density at radius 3 is 2.54 bits per heavy atom. The Hall–Kier alpha value is -2.48. The fourth-order valence-corrected chi connectivity index (χ4v) is 2.55. The van der Waals surface area contributed by atoms with E-state index in [0.29, 0.717) is 6.54 Å². The Morgan fingerprint density at radius 2 is 1.96 bits per heavy atom. The second-order valence-electron chi connectivity index (χ2n) is 5.29. The van der Waals surface area contributed by atoms with Crippen molar-refractivity contribution in [1.29, 1.82) is 0 Å². The molecule has 1 aliphatic heterocycles. The number of carbonyl (C=O) groups excluding carboxylic acids is 3. The Kier molecular flexibility index (Phi) is 5.86. The largest absolute Gasteiger partial charge is 0.383 e. The summed E-state index contributed by atoms with van der Waals surface area (Å²) in [6, 6.07) is 3.61. The highest BCUT2D eigenvalue weighted by atomic mass is 19.1. The predicted molar refractivity (Wildman–Crippen MR) is 85.0 cm³/mol. The second kappa shape index (κ2) is 7.87. The van der Waals surface area contributed by atoms with Gasteiger partial charge in [0.15, 0.2) is 0 Å². The lowest BCUT2D eigenvalue weighted by Gasteiger charge is -2.20. The second-order valence-corrected chi connectivity index (χ2v) is 5.29. The summed E-state index contributed by atoms with van der Waals surface area (Å²) in [5.74, 6) is -1.28. The molecule has 0 aliphatic carbocycles. The summed E-state index contributed by atoms with van der Waals surface area (Å²) in [5, 5.41) is 2.62. The van der Waals surface area contributed by atoms with Crippen molar-refractivity contribution in [3.05, 3.63) is 30.1 Å². The number of hydrogen-bond donors (Lipinski definition) is 1. The molecule has 1 N–H and O–H groups in total. The van der Waals surface area contributed by atoms with Crippen LogP contribution in [0.1, 0.15) is 13.3 Å². The van der Waals surface area contributed by atoms with Gasteiger partial charge in [0.2, 0.25) is 5.91 Å². The first-order valence-corrected chi connectivity index (χ1v) is 7.65. The van der Waals surface area contributed by atoms with Gasteiger partial charge >= 0.3 is 6.03 Å². The number of hydrogen-bond acceptors (Lipinski definition) is 4. The van der Waals surface area contributed by atoms with Crippen LogP contribution in [0.25, 0.3) is 0 Å². The van der Waals surface area contributed by atoms with Crippen LogP contribution in [-0.4, -0.2) is 55.6 Å². The maximum Gasteiger partial charge on any atom is 0.332 e. The number of anilines is 1. The molecule has 1 aromatic carbocycles. The Bertz CT molecular complexity index is 620. The fourth-order valence-electron chi connectivity index (χ4n) is 2.55. The normalized spacial score (nSPS) is 17.5. The number of amides is 4. The predicted octanol–water partition coefficient (Wildman–Crippen LogP) is 1.14. The Labute approximate surface area is 139 Å². The molecule has 0 spiro atoms. The van der Waals surface area contributed by atoms with E-state index in [9.17, 15) is 18.8 Å². The summed E-state index contributed by atoms with van der Waals surface area (Å²) < 4.78 is 18.0. The smallest absolute Gasteiger partial charge is 0.332 e. The summed E-state index contributed by atoms with van der Waals surface area (Å²) in [7, 11) is 1.49. The van der Waals surface area contributed by atoms with Crippen molar-refractivity contribution in [2.24, 2.45) is 0 Å². The molecule has 1 saturated heterocycles. The molecule has 1 atom stereocenters. The van der Waals surface area contributed by atoms with Crippen molar-refractivity contribution in [1.82, 2.24) is 10.2 Å². The monoisotopic (exact) mass is 337 g/mol.